The number of hydrogen-bond donors (Lipinski definition) is 1. The summed E-state index contributed by atoms with van der Waals surface area (Å²) in [7, 11) is 3.25. The number of rotatable bonds is 1. The summed E-state index contributed by atoms with van der Waals surface area (Å²) >= 11 is 3.08. The zero-order chi connectivity index (χ0) is 11.6. The fourth-order valence-corrected chi connectivity index (χ4v) is 1.44. The van der Waals surface area contributed by atoms with E-state index in [1.165, 1.54) is 4.90 Å². The first-order valence-corrected chi connectivity index (χ1v) is 5.15. The van der Waals surface area contributed by atoms with E-state index in [0.717, 1.165) is 0 Å². The van der Waals surface area contributed by atoms with Crippen LogP contribution in [0.4, 0.5) is 14.9 Å². The first-order valence-electron chi connectivity index (χ1n) is 4.36. The third-order valence-corrected chi connectivity index (χ3v) is 2.60. The van der Waals surface area contributed by atoms with Crippen molar-refractivity contribution in [1.82, 2.24) is 4.90 Å². The average molecular weight is 275 g/mol. The molecule has 0 saturated heterocycles. The maximum absolute atomic E-state index is 13.4. The molecule has 1 rings (SSSR count). The molecular formula is C10H12BrFN2O. The van der Waals surface area contributed by atoms with Crippen LogP contribution in [0.5, 0.6) is 0 Å². The largest absolute Gasteiger partial charge is 0.331 e. The average Bonchev–Trinajstić information content (AvgIpc) is 2.18. The van der Waals surface area contributed by atoms with Crippen molar-refractivity contribution in [2.45, 2.75) is 6.92 Å². The van der Waals surface area contributed by atoms with Gasteiger partial charge in [-0.3, -0.25) is 0 Å². The van der Waals surface area contributed by atoms with Crippen LogP contribution in [0.25, 0.3) is 0 Å². The van der Waals surface area contributed by atoms with E-state index in [4.69, 9.17) is 0 Å². The smallest absolute Gasteiger partial charge is 0.321 e. The Morgan fingerprint density at radius 2 is 2.07 bits per heavy atom. The van der Waals surface area contributed by atoms with E-state index in [9.17, 15) is 9.18 Å². The number of nitrogens with zero attached hydrogens (tertiary/aromatic N) is 1. The van der Waals surface area contributed by atoms with E-state index < -0.39 is 0 Å². The number of nitrogens with one attached hydrogen (secondary N) is 1. The Balaban J connectivity index is 2.97. The third kappa shape index (κ3) is 2.68. The van der Waals surface area contributed by atoms with Gasteiger partial charge in [0.05, 0.1) is 4.47 Å². The van der Waals surface area contributed by atoms with Gasteiger partial charge in [0.15, 0.2) is 0 Å². The van der Waals surface area contributed by atoms with Gasteiger partial charge in [0.25, 0.3) is 0 Å². The van der Waals surface area contributed by atoms with Crippen molar-refractivity contribution >= 4 is 27.6 Å². The van der Waals surface area contributed by atoms with Gasteiger partial charge in [-0.2, -0.15) is 0 Å². The van der Waals surface area contributed by atoms with Gasteiger partial charge >= 0.3 is 6.03 Å². The van der Waals surface area contributed by atoms with Gasteiger partial charge in [-0.05, 0) is 35.0 Å². The minimum Gasteiger partial charge on any atom is -0.331 e. The van der Waals surface area contributed by atoms with Crippen LogP contribution in [0.1, 0.15) is 5.56 Å². The second kappa shape index (κ2) is 4.61. The SMILES string of the molecule is Cc1c(NC(=O)N(C)C)ccc(Br)c1F. The van der Waals surface area contributed by atoms with Crippen LogP contribution in [0.2, 0.25) is 0 Å². The van der Waals surface area contributed by atoms with E-state index >= 15 is 0 Å². The van der Waals surface area contributed by atoms with E-state index in [1.807, 2.05) is 0 Å². The van der Waals surface area contributed by atoms with Crippen molar-refractivity contribution in [3.8, 4) is 0 Å². The summed E-state index contributed by atoms with van der Waals surface area (Å²) in [5, 5.41) is 2.60. The number of carbonyl (C=O) groups excluding carboxylic acids is 1. The Bertz CT molecular complexity index is 393. The molecule has 0 saturated carbocycles. The highest BCUT2D eigenvalue weighted by Gasteiger charge is 2.10. The summed E-state index contributed by atoms with van der Waals surface area (Å²) in [6, 6.07) is 2.94. The highest BCUT2D eigenvalue weighted by molar-refractivity contribution is 9.10. The molecule has 0 fully saturated rings. The summed E-state index contributed by atoms with van der Waals surface area (Å²) in [4.78, 5) is 12.7. The number of anilines is 1. The summed E-state index contributed by atoms with van der Waals surface area (Å²) in [6.07, 6.45) is 0. The molecular weight excluding hydrogens is 263 g/mol. The summed E-state index contributed by atoms with van der Waals surface area (Å²) in [5.74, 6) is -0.355. The molecule has 0 bridgehead atoms. The number of urea groups is 1. The molecule has 0 aromatic heterocycles. The fraction of sp³-hybridized carbons (Fsp3) is 0.300. The molecule has 15 heavy (non-hydrogen) atoms. The third-order valence-electron chi connectivity index (χ3n) is 1.99. The van der Waals surface area contributed by atoms with Crippen molar-refractivity contribution in [3.63, 3.8) is 0 Å². The first kappa shape index (κ1) is 12.0. The molecule has 1 N–H and O–H groups in total. The Morgan fingerprint density at radius 3 is 2.60 bits per heavy atom. The molecule has 0 radical (unpaired) electrons. The van der Waals surface area contributed by atoms with Crippen molar-refractivity contribution in [2.75, 3.05) is 19.4 Å². The van der Waals surface area contributed by atoms with Crippen LogP contribution in [0.15, 0.2) is 16.6 Å². The zero-order valence-electron chi connectivity index (χ0n) is 8.77. The van der Waals surface area contributed by atoms with Gasteiger partial charge in [-0.1, -0.05) is 0 Å². The number of carbonyl (C=O) groups is 1. The molecule has 5 heteroatoms. The molecule has 0 aliphatic rings. The first-order chi connectivity index (χ1) is 6.93. The molecule has 0 atom stereocenters. The predicted octanol–water partition coefficient (Wildman–Crippen LogP) is 2.99. The maximum atomic E-state index is 13.4. The van der Waals surface area contributed by atoms with Gasteiger partial charge in [-0.15, -0.1) is 0 Å². The summed E-state index contributed by atoms with van der Waals surface area (Å²) in [6.45, 7) is 1.62. The Morgan fingerprint density at radius 1 is 1.47 bits per heavy atom. The molecule has 1 aromatic carbocycles. The molecule has 2 amide bonds. The van der Waals surface area contributed by atoms with E-state index in [2.05, 4.69) is 21.2 Å². The highest BCUT2D eigenvalue weighted by atomic mass is 79.9. The van der Waals surface area contributed by atoms with Gasteiger partial charge in [0.1, 0.15) is 5.82 Å². The van der Waals surface area contributed by atoms with E-state index in [1.54, 1.807) is 33.2 Å². The second-order valence-corrected chi connectivity index (χ2v) is 4.21. The highest BCUT2D eigenvalue weighted by Crippen LogP contribution is 2.25. The van der Waals surface area contributed by atoms with Gasteiger partial charge in [-0.25, -0.2) is 9.18 Å². The van der Waals surface area contributed by atoms with Crippen LogP contribution in [0, 0.1) is 12.7 Å². The normalized spacial score (nSPS) is 9.93. The van der Waals surface area contributed by atoms with Crippen molar-refractivity contribution < 1.29 is 9.18 Å². The minimum atomic E-state index is -0.355. The molecule has 0 heterocycles. The van der Waals surface area contributed by atoms with Crippen LogP contribution in [0.3, 0.4) is 0 Å². The number of hydrogen-bond acceptors (Lipinski definition) is 1. The molecule has 82 valence electrons. The lowest BCUT2D eigenvalue weighted by Gasteiger charge is -2.14. The molecule has 0 aliphatic carbocycles. The quantitative estimate of drug-likeness (QED) is 0.839. The minimum absolute atomic E-state index is 0.278. The number of amides is 2. The number of halogens is 2. The summed E-state index contributed by atoms with van der Waals surface area (Å²) in [5.41, 5.74) is 0.897. The Hall–Kier alpha value is -1.10. The fourth-order valence-electron chi connectivity index (χ4n) is 1.01. The molecule has 0 unspecified atom stereocenters. The standard InChI is InChI=1S/C10H12BrFN2O/c1-6-8(13-10(15)14(2)3)5-4-7(11)9(6)12/h4-5H,1-3H3,(H,13,15). The summed E-state index contributed by atoms with van der Waals surface area (Å²) < 4.78 is 13.8. The lowest BCUT2D eigenvalue weighted by molar-refractivity contribution is 0.230. The van der Waals surface area contributed by atoms with Crippen LogP contribution < -0.4 is 5.32 Å². The van der Waals surface area contributed by atoms with E-state index in [0.29, 0.717) is 15.7 Å². The molecule has 0 spiro atoms. The van der Waals surface area contributed by atoms with Crippen molar-refractivity contribution in [2.24, 2.45) is 0 Å². The van der Waals surface area contributed by atoms with Gasteiger partial charge in [0.2, 0.25) is 0 Å². The van der Waals surface area contributed by atoms with Crippen molar-refractivity contribution in [1.29, 1.82) is 0 Å². The van der Waals surface area contributed by atoms with Crippen LogP contribution >= 0.6 is 15.9 Å². The molecule has 3 nitrogen and oxygen atoms in total. The van der Waals surface area contributed by atoms with Gasteiger partial charge < -0.3 is 10.2 Å². The molecule has 1 aromatic rings. The van der Waals surface area contributed by atoms with Crippen LogP contribution in [-0.4, -0.2) is 25.0 Å². The van der Waals surface area contributed by atoms with E-state index in [-0.39, 0.29) is 11.8 Å². The lowest BCUT2D eigenvalue weighted by Crippen LogP contribution is -2.27. The van der Waals surface area contributed by atoms with Crippen LogP contribution in [-0.2, 0) is 0 Å². The molecule has 0 aliphatic heterocycles. The topological polar surface area (TPSA) is 32.3 Å². The Kier molecular flexibility index (Phi) is 3.68. The second-order valence-electron chi connectivity index (χ2n) is 3.36. The predicted molar refractivity (Wildman–Crippen MR) is 61.5 cm³/mol. The number of benzene rings is 1. The zero-order valence-corrected chi connectivity index (χ0v) is 10.4. The Labute approximate surface area is 96.4 Å². The lowest BCUT2D eigenvalue weighted by atomic mass is 10.2. The van der Waals surface area contributed by atoms with Gasteiger partial charge in [0, 0.05) is 25.3 Å². The monoisotopic (exact) mass is 274 g/mol. The van der Waals surface area contributed by atoms with Crippen molar-refractivity contribution in [3.05, 3.63) is 28.0 Å². The maximum Gasteiger partial charge on any atom is 0.321 e.